The van der Waals surface area contributed by atoms with Crippen molar-refractivity contribution < 1.29 is 9.90 Å². The van der Waals surface area contributed by atoms with Gasteiger partial charge < -0.3 is 10.8 Å². The maximum atomic E-state index is 10.4. The first kappa shape index (κ1) is 9.80. The van der Waals surface area contributed by atoms with Gasteiger partial charge in [0.25, 0.3) is 0 Å². The second-order valence-electron chi connectivity index (χ2n) is 2.44. The SMILES string of the molecule is NC(=O)/C=C/c1cc(O)ccc1Br. The van der Waals surface area contributed by atoms with E-state index in [-0.39, 0.29) is 5.75 Å². The molecule has 0 fully saturated rings. The molecule has 0 aromatic heterocycles. The third-order valence-electron chi connectivity index (χ3n) is 1.41. The average Bonchev–Trinajstić information content (AvgIpc) is 2.06. The summed E-state index contributed by atoms with van der Waals surface area (Å²) in [4.78, 5) is 10.4. The van der Waals surface area contributed by atoms with Gasteiger partial charge in [-0.15, -0.1) is 0 Å². The molecule has 0 aliphatic rings. The molecule has 0 saturated carbocycles. The molecule has 3 nitrogen and oxygen atoms in total. The minimum absolute atomic E-state index is 0.146. The molecular weight excluding hydrogens is 234 g/mol. The number of aromatic hydroxyl groups is 1. The largest absolute Gasteiger partial charge is 0.508 e. The van der Waals surface area contributed by atoms with Crippen molar-refractivity contribution in [2.45, 2.75) is 0 Å². The van der Waals surface area contributed by atoms with Crippen LogP contribution in [-0.4, -0.2) is 11.0 Å². The fourth-order valence-corrected chi connectivity index (χ4v) is 1.21. The number of primary amides is 1. The highest BCUT2D eigenvalue weighted by Crippen LogP contribution is 2.22. The number of benzene rings is 1. The first-order valence-corrected chi connectivity index (χ1v) is 4.35. The van der Waals surface area contributed by atoms with Gasteiger partial charge in [0, 0.05) is 10.5 Å². The number of phenols is 1. The lowest BCUT2D eigenvalue weighted by molar-refractivity contribution is -0.113. The number of carbonyl (C=O) groups is 1. The van der Waals surface area contributed by atoms with Crippen molar-refractivity contribution in [3.05, 3.63) is 34.3 Å². The molecule has 0 aliphatic carbocycles. The minimum Gasteiger partial charge on any atom is -0.508 e. The van der Waals surface area contributed by atoms with Crippen molar-refractivity contribution in [2.24, 2.45) is 5.73 Å². The quantitative estimate of drug-likeness (QED) is 0.774. The lowest BCUT2D eigenvalue weighted by atomic mass is 10.2. The van der Waals surface area contributed by atoms with Crippen molar-refractivity contribution in [3.63, 3.8) is 0 Å². The van der Waals surface area contributed by atoms with Crippen LogP contribution in [0.3, 0.4) is 0 Å². The molecule has 68 valence electrons. The number of hydrogen-bond acceptors (Lipinski definition) is 2. The van der Waals surface area contributed by atoms with Crippen LogP contribution in [0.15, 0.2) is 28.7 Å². The molecule has 1 rings (SSSR count). The van der Waals surface area contributed by atoms with Crippen LogP contribution in [0.2, 0.25) is 0 Å². The van der Waals surface area contributed by atoms with Gasteiger partial charge in [-0.1, -0.05) is 15.9 Å². The lowest BCUT2D eigenvalue weighted by Gasteiger charge is -1.98. The van der Waals surface area contributed by atoms with E-state index in [2.05, 4.69) is 15.9 Å². The number of amides is 1. The highest BCUT2D eigenvalue weighted by Gasteiger charge is 1.97. The van der Waals surface area contributed by atoms with E-state index in [0.717, 1.165) is 4.47 Å². The third kappa shape index (κ3) is 2.91. The summed E-state index contributed by atoms with van der Waals surface area (Å²) >= 11 is 3.27. The first-order valence-electron chi connectivity index (χ1n) is 3.55. The summed E-state index contributed by atoms with van der Waals surface area (Å²) in [5, 5.41) is 9.13. The van der Waals surface area contributed by atoms with Crippen LogP contribution in [0.25, 0.3) is 6.08 Å². The lowest BCUT2D eigenvalue weighted by Crippen LogP contribution is -2.05. The van der Waals surface area contributed by atoms with Gasteiger partial charge in [0.05, 0.1) is 0 Å². The molecule has 1 aromatic carbocycles. The van der Waals surface area contributed by atoms with Gasteiger partial charge in [-0.05, 0) is 29.8 Å². The van der Waals surface area contributed by atoms with Crippen molar-refractivity contribution in [1.29, 1.82) is 0 Å². The van der Waals surface area contributed by atoms with E-state index < -0.39 is 5.91 Å². The highest BCUT2D eigenvalue weighted by atomic mass is 79.9. The number of phenolic OH excluding ortho intramolecular Hbond substituents is 1. The summed E-state index contributed by atoms with van der Waals surface area (Å²) in [7, 11) is 0. The number of carbonyl (C=O) groups excluding carboxylic acids is 1. The normalized spacial score (nSPS) is 10.5. The molecule has 0 heterocycles. The molecule has 0 atom stereocenters. The van der Waals surface area contributed by atoms with Crippen LogP contribution < -0.4 is 5.73 Å². The Balaban J connectivity index is 3.00. The first-order chi connectivity index (χ1) is 6.09. The summed E-state index contributed by atoms with van der Waals surface area (Å²) in [5.41, 5.74) is 5.63. The number of rotatable bonds is 2. The smallest absolute Gasteiger partial charge is 0.241 e. The van der Waals surface area contributed by atoms with Gasteiger partial charge in [0.2, 0.25) is 5.91 Å². The van der Waals surface area contributed by atoms with Gasteiger partial charge in [0.15, 0.2) is 0 Å². The Hall–Kier alpha value is -1.29. The monoisotopic (exact) mass is 241 g/mol. The van der Waals surface area contributed by atoms with Crippen LogP contribution in [-0.2, 0) is 4.79 Å². The van der Waals surface area contributed by atoms with E-state index in [4.69, 9.17) is 10.8 Å². The molecule has 1 amide bonds. The van der Waals surface area contributed by atoms with Crippen LogP contribution in [0.4, 0.5) is 0 Å². The molecular formula is C9H8BrNO2. The van der Waals surface area contributed by atoms with Crippen molar-refractivity contribution in [1.82, 2.24) is 0 Å². The Morgan fingerprint density at radius 2 is 2.23 bits per heavy atom. The number of hydrogen-bond donors (Lipinski definition) is 2. The second kappa shape index (κ2) is 4.09. The topological polar surface area (TPSA) is 63.3 Å². The zero-order valence-electron chi connectivity index (χ0n) is 6.70. The van der Waals surface area contributed by atoms with E-state index in [0.29, 0.717) is 5.56 Å². The van der Waals surface area contributed by atoms with Crippen LogP contribution in [0.5, 0.6) is 5.75 Å². The van der Waals surface area contributed by atoms with Gasteiger partial charge >= 0.3 is 0 Å². The maximum Gasteiger partial charge on any atom is 0.241 e. The van der Waals surface area contributed by atoms with Gasteiger partial charge in [-0.25, -0.2) is 0 Å². The number of nitrogens with two attached hydrogens (primary N) is 1. The maximum absolute atomic E-state index is 10.4. The molecule has 0 aliphatic heterocycles. The Morgan fingerprint density at radius 1 is 1.54 bits per heavy atom. The zero-order valence-corrected chi connectivity index (χ0v) is 8.28. The Bertz CT molecular complexity index is 361. The van der Waals surface area contributed by atoms with E-state index in [1.165, 1.54) is 18.2 Å². The molecule has 3 N–H and O–H groups in total. The van der Waals surface area contributed by atoms with Gasteiger partial charge in [0.1, 0.15) is 5.75 Å². The average molecular weight is 242 g/mol. The molecule has 0 saturated heterocycles. The van der Waals surface area contributed by atoms with Gasteiger partial charge in [-0.3, -0.25) is 4.79 Å². The van der Waals surface area contributed by atoms with Crippen molar-refractivity contribution in [2.75, 3.05) is 0 Å². The summed E-state index contributed by atoms with van der Waals surface area (Å²) in [6.07, 6.45) is 2.77. The van der Waals surface area contributed by atoms with E-state index >= 15 is 0 Å². The Kier molecular flexibility index (Phi) is 3.08. The van der Waals surface area contributed by atoms with E-state index in [1.54, 1.807) is 12.1 Å². The molecule has 0 unspecified atom stereocenters. The van der Waals surface area contributed by atoms with E-state index in [9.17, 15) is 4.79 Å². The molecule has 0 spiro atoms. The highest BCUT2D eigenvalue weighted by molar-refractivity contribution is 9.10. The Morgan fingerprint density at radius 3 is 2.85 bits per heavy atom. The zero-order chi connectivity index (χ0) is 9.84. The molecule has 0 bridgehead atoms. The molecule has 1 aromatic rings. The van der Waals surface area contributed by atoms with Gasteiger partial charge in [-0.2, -0.15) is 0 Å². The van der Waals surface area contributed by atoms with Crippen LogP contribution >= 0.6 is 15.9 Å². The van der Waals surface area contributed by atoms with Crippen LogP contribution in [0, 0.1) is 0 Å². The minimum atomic E-state index is -0.518. The molecule has 13 heavy (non-hydrogen) atoms. The summed E-state index contributed by atoms with van der Waals surface area (Å²) in [5.74, 6) is -0.373. The summed E-state index contributed by atoms with van der Waals surface area (Å²) in [6.45, 7) is 0. The Labute approximate surface area is 84.0 Å². The van der Waals surface area contributed by atoms with Crippen molar-refractivity contribution >= 4 is 27.9 Å². The molecule has 0 radical (unpaired) electrons. The fraction of sp³-hybridized carbons (Fsp3) is 0. The summed E-state index contributed by atoms with van der Waals surface area (Å²) in [6, 6.07) is 4.77. The van der Waals surface area contributed by atoms with Crippen LogP contribution in [0.1, 0.15) is 5.56 Å². The van der Waals surface area contributed by atoms with E-state index in [1.807, 2.05) is 0 Å². The number of halogens is 1. The van der Waals surface area contributed by atoms with Crippen molar-refractivity contribution in [3.8, 4) is 5.75 Å². The predicted molar refractivity (Wildman–Crippen MR) is 54.0 cm³/mol. The second-order valence-corrected chi connectivity index (χ2v) is 3.30. The fourth-order valence-electron chi connectivity index (χ4n) is 0.831. The molecule has 4 heteroatoms. The third-order valence-corrected chi connectivity index (χ3v) is 2.13. The standard InChI is InChI=1S/C9H8BrNO2/c10-8-3-2-7(12)5-6(8)1-4-9(11)13/h1-5,12H,(H2,11,13)/b4-1+. The predicted octanol–water partition coefficient (Wildman–Crippen LogP) is 1.65. The summed E-state index contributed by atoms with van der Waals surface area (Å²) < 4.78 is 0.794.